The molecule has 2 aromatic heterocycles. The van der Waals surface area contributed by atoms with Gasteiger partial charge in [-0.25, -0.2) is 4.98 Å². The summed E-state index contributed by atoms with van der Waals surface area (Å²) in [6.07, 6.45) is 0. The second kappa shape index (κ2) is 6.54. The molecule has 0 aromatic carbocycles. The van der Waals surface area contributed by atoms with Crippen molar-refractivity contribution < 1.29 is 0 Å². The molecule has 0 radical (unpaired) electrons. The highest BCUT2D eigenvalue weighted by Gasteiger charge is 2.18. The van der Waals surface area contributed by atoms with Crippen LogP contribution in [-0.2, 0) is 13.1 Å². The van der Waals surface area contributed by atoms with E-state index in [-0.39, 0.29) is 0 Å². The molecule has 3 nitrogen and oxygen atoms in total. The Labute approximate surface area is 132 Å². The Bertz CT molecular complexity index is 508. The summed E-state index contributed by atoms with van der Waals surface area (Å²) in [5.74, 6) is 0. The van der Waals surface area contributed by atoms with Gasteiger partial charge in [-0.15, -0.1) is 22.7 Å². The number of hydrogen-bond donors (Lipinski definition) is 0. The summed E-state index contributed by atoms with van der Waals surface area (Å²) in [5.41, 5.74) is 1.21. The van der Waals surface area contributed by atoms with Crippen LogP contribution in [0.15, 0.2) is 17.5 Å². The van der Waals surface area contributed by atoms with Crippen molar-refractivity contribution in [2.24, 2.45) is 0 Å². The van der Waals surface area contributed by atoms with E-state index >= 15 is 0 Å². The predicted octanol–water partition coefficient (Wildman–Crippen LogP) is 3.48. The molecule has 1 fully saturated rings. The topological polar surface area (TPSA) is 19.4 Å². The molecule has 0 amide bonds. The molecule has 6 heteroatoms. The summed E-state index contributed by atoms with van der Waals surface area (Å²) in [6, 6.07) is 4.12. The molecule has 0 bridgehead atoms. The third-order valence-electron chi connectivity index (χ3n) is 3.53. The van der Waals surface area contributed by atoms with Crippen LogP contribution in [0.3, 0.4) is 0 Å². The zero-order valence-corrected chi connectivity index (χ0v) is 13.9. The number of thiophene rings is 1. The Balaban J connectivity index is 1.47. The van der Waals surface area contributed by atoms with Gasteiger partial charge in [-0.1, -0.05) is 11.6 Å². The van der Waals surface area contributed by atoms with Crippen molar-refractivity contribution in [1.29, 1.82) is 0 Å². The Morgan fingerprint density at radius 2 is 1.85 bits per heavy atom. The van der Waals surface area contributed by atoms with Crippen LogP contribution >= 0.6 is 34.3 Å². The zero-order valence-electron chi connectivity index (χ0n) is 11.5. The number of halogens is 1. The van der Waals surface area contributed by atoms with Crippen molar-refractivity contribution in [1.82, 2.24) is 14.8 Å². The smallest absolute Gasteiger partial charge is 0.0931 e. The van der Waals surface area contributed by atoms with Crippen molar-refractivity contribution >= 4 is 34.3 Å². The van der Waals surface area contributed by atoms with E-state index in [4.69, 9.17) is 11.6 Å². The van der Waals surface area contributed by atoms with E-state index in [0.717, 1.165) is 48.6 Å². The Hall–Kier alpha value is -0.460. The lowest BCUT2D eigenvalue weighted by Crippen LogP contribution is -2.45. The molecule has 0 unspecified atom stereocenters. The molecule has 0 spiro atoms. The fraction of sp³-hybridized carbons (Fsp3) is 0.500. The number of rotatable bonds is 4. The van der Waals surface area contributed by atoms with Crippen LogP contribution in [0.5, 0.6) is 0 Å². The molecule has 3 heterocycles. The van der Waals surface area contributed by atoms with E-state index < -0.39 is 0 Å². The molecule has 0 N–H and O–H groups in total. The van der Waals surface area contributed by atoms with Crippen molar-refractivity contribution in [2.75, 3.05) is 26.2 Å². The minimum Gasteiger partial charge on any atom is -0.296 e. The first-order chi connectivity index (χ1) is 9.69. The highest BCUT2D eigenvalue weighted by molar-refractivity contribution is 7.16. The van der Waals surface area contributed by atoms with Gasteiger partial charge in [0.15, 0.2) is 0 Å². The lowest BCUT2D eigenvalue weighted by atomic mass is 10.3. The number of piperazine rings is 1. The maximum Gasteiger partial charge on any atom is 0.0931 e. The van der Waals surface area contributed by atoms with Crippen molar-refractivity contribution in [3.05, 3.63) is 37.4 Å². The number of aromatic nitrogens is 1. The van der Waals surface area contributed by atoms with Crippen LogP contribution < -0.4 is 0 Å². The van der Waals surface area contributed by atoms with E-state index in [2.05, 4.69) is 33.2 Å². The molecule has 3 rings (SSSR count). The van der Waals surface area contributed by atoms with Gasteiger partial charge in [0.2, 0.25) is 0 Å². The molecule has 2 aromatic rings. The van der Waals surface area contributed by atoms with Gasteiger partial charge in [0.25, 0.3) is 0 Å². The van der Waals surface area contributed by atoms with E-state index in [1.165, 1.54) is 10.6 Å². The van der Waals surface area contributed by atoms with Crippen LogP contribution in [0.1, 0.15) is 15.6 Å². The summed E-state index contributed by atoms with van der Waals surface area (Å²) in [6.45, 7) is 8.57. The minimum absolute atomic E-state index is 0.887. The molecule has 1 saturated heterocycles. The van der Waals surface area contributed by atoms with E-state index in [1.807, 2.05) is 6.07 Å². The van der Waals surface area contributed by atoms with Crippen LogP contribution in [0.2, 0.25) is 4.34 Å². The van der Waals surface area contributed by atoms with Crippen molar-refractivity contribution in [3.8, 4) is 0 Å². The molecule has 0 saturated carbocycles. The highest BCUT2D eigenvalue weighted by Crippen LogP contribution is 2.23. The molecular formula is C14H18ClN3S2. The number of hydrogen-bond acceptors (Lipinski definition) is 5. The lowest BCUT2D eigenvalue weighted by molar-refractivity contribution is 0.122. The van der Waals surface area contributed by atoms with Gasteiger partial charge in [-0.05, 0) is 19.1 Å². The first-order valence-electron chi connectivity index (χ1n) is 6.79. The molecule has 0 aliphatic carbocycles. The van der Waals surface area contributed by atoms with Crippen LogP contribution in [-0.4, -0.2) is 41.0 Å². The lowest BCUT2D eigenvalue weighted by Gasteiger charge is -2.34. The van der Waals surface area contributed by atoms with Crippen molar-refractivity contribution in [3.63, 3.8) is 0 Å². The average Bonchev–Trinajstić information content (AvgIpc) is 3.01. The molecule has 1 aliphatic rings. The van der Waals surface area contributed by atoms with Gasteiger partial charge in [-0.2, -0.15) is 0 Å². The second-order valence-corrected chi connectivity index (χ2v) is 7.98. The maximum absolute atomic E-state index is 5.98. The molecule has 108 valence electrons. The summed E-state index contributed by atoms with van der Waals surface area (Å²) >= 11 is 9.41. The van der Waals surface area contributed by atoms with Crippen LogP contribution in [0, 0.1) is 6.92 Å². The van der Waals surface area contributed by atoms with E-state index in [0.29, 0.717) is 0 Å². The van der Waals surface area contributed by atoms with Gasteiger partial charge in [-0.3, -0.25) is 9.80 Å². The first-order valence-corrected chi connectivity index (χ1v) is 8.86. The fourth-order valence-electron chi connectivity index (χ4n) is 2.47. The van der Waals surface area contributed by atoms with Gasteiger partial charge >= 0.3 is 0 Å². The molecular weight excluding hydrogens is 310 g/mol. The Morgan fingerprint density at radius 1 is 1.15 bits per heavy atom. The zero-order chi connectivity index (χ0) is 13.9. The fourth-order valence-corrected chi connectivity index (χ4v) is 4.21. The summed E-state index contributed by atoms with van der Waals surface area (Å²) < 4.78 is 0.887. The third-order valence-corrected chi connectivity index (χ3v) is 5.56. The highest BCUT2D eigenvalue weighted by atomic mass is 35.5. The monoisotopic (exact) mass is 327 g/mol. The average molecular weight is 328 g/mol. The number of thiazole rings is 1. The van der Waals surface area contributed by atoms with E-state index in [1.54, 1.807) is 22.7 Å². The number of aryl methyl sites for hydroxylation is 1. The predicted molar refractivity (Wildman–Crippen MR) is 86.7 cm³/mol. The molecule has 0 atom stereocenters. The Morgan fingerprint density at radius 3 is 2.40 bits per heavy atom. The minimum atomic E-state index is 0.887. The maximum atomic E-state index is 5.98. The summed E-state index contributed by atoms with van der Waals surface area (Å²) in [7, 11) is 0. The van der Waals surface area contributed by atoms with Gasteiger partial charge < -0.3 is 0 Å². The van der Waals surface area contributed by atoms with Crippen LogP contribution in [0.4, 0.5) is 0 Å². The van der Waals surface area contributed by atoms with Crippen LogP contribution in [0.25, 0.3) is 0 Å². The normalized spacial score (nSPS) is 17.7. The number of nitrogens with zero attached hydrogens (tertiary/aromatic N) is 3. The van der Waals surface area contributed by atoms with Gasteiger partial charge in [0.05, 0.1) is 15.0 Å². The quantitative estimate of drug-likeness (QED) is 0.857. The first kappa shape index (κ1) is 14.5. The molecule has 1 aliphatic heterocycles. The standard InChI is InChI=1S/C14H18ClN3S2/c1-11-16-12(10-19-11)8-17-4-6-18(7-5-17)9-13-2-3-14(15)20-13/h2-3,10H,4-9H2,1H3. The van der Waals surface area contributed by atoms with E-state index in [9.17, 15) is 0 Å². The Kier molecular flexibility index (Phi) is 4.73. The van der Waals surface area contributed by atoms with Gasteiger partial charge in [0.1, 0.15) is 0 Å². The summed E-state index contributed by atoms with van der Waals surface area (Å²) in [4.78, 5) is 10.9. The third kappa shape index (κ3) is 3.80. The molecule has 20 heavy (non-hydrogen) atoms. The van der Waals surface area contributed by atoms with Crippen molar-refractivity contribution in [2.45, 2.75) is 20.0 Å². The largest absolute Gasteiger partial charge is 0.296 e. The second-order valence-electron chi connectivity index (χ2n) is 5.12. The summed E-state index contributed by atoms with van der Waals surface area (Å²) in [5, 5.41) is 3.34. The SMILES string of the molecule is Cc1nc(CN2CCN(Cc3ccc(Cl)s3)CC2)cs1. The van der Waals surface area contributed by atoms with Gasteiger partial charge in [0, 0.05) is 49.5 Å².